The third-order valence-corrected chi connectivity index (χ3v) is 3.17. The van der Waals surface area contributed by atoms with Gasteiger partial charge in [-0.2, -0.15) is 4.98 Å². The Morgan fingerprint density at radius 2 is 1.89 bits per heavy atom. The second-order valence-corrected chi connectivity index (χ2v) is 4.63. The number of aromatic amines is 1. The number of H-pyrrole nitrogens is 1. The number of methoxy groups -OCH3 is 1. The van der Waals surface area contributed by atoms with Crippen LogP contribution in [0.2, 0.25) is 0 Å². The summed E-state index contributed by atoms with van der Waals surface area (Å²) in [4.78, 5) is 12.2. The van der Waals surface area contributed by atoms with E-state index in [1.165, 1.54) is 11.1 Å². The fourth-order valence-corrected chi connectivity index (χ4v) is 2.20. The van der Waals surface area contributed by atoms with Crippen LogP contribution < -0.4 is 4.74 Å². The van der Waals surface area contributed by atoms with Crippen molar-refractivity contribution in [2.45, 2.75) is 13.8 Å². The quantitative estimate of drug-likeness (QED) is 0.762. The highest BCUT2D eigenvalue weighted by molar-refractivity contribution is 5.77. The van der Waals surface area contributed by atoms with Crippen LogP contribution in [0.3, 0.4) is 0 Å². The lowest BCUT2D eigenvalue weighted by molar-refractivity contribution is 0.399. The zero-order chi connectivity index (χ0) is 13.4. The van der Waals surface area contributed by atoms with Gasteiger partial charge < -0.3 is 9.72 Å². The molecule has 0 aliphatic heterocycles. The Kier molecular flexibility index (Phi) is 2.71. The van der Waals surface area contributed by atoms with E-state index in [1.807, 2.05) is 12.1 Å². The number of ether oxygens (including phenoxy) is 1. The molecule has 0 radical (unpaired) electrons. The molecule has 0 aliphatic rings. The van der Waals surface area contributed by atoms with Crippen LogP contribution in [0.25, 0.3) is 22.6 Å². The summed E-state index contributed by atoms with van der Waals surface area (Å²) in [5.41, 5.74) is 5.14. The molecule has 1 aromatic carbocycles. The molecule has 4 heteroatoms. The van der Waals surface area contributed by atoms with E-state index in [2.05, 4.69) is 47.0 Å². The largest absolute Gasteiger partial charge is 0.481 e. The second-order valence-electron chi connectivity index (χ2n) is 4.63. The van der Waals surface area contributed by atoms with Crippen molar-refractivity contribution >= 4 is 11.2 Å². The van der Waals surface area contributed by atoms with Gasteiger partial charge in [-0.25, -0.2) is 4.98 Å². The van der Waals surface area contributed by atoms with Crippen LogP contribution in [-0.4, -0.2) is 22.1 Å². The minimum absolute atomic E-state index is 0.575. The summed E-state index contributed by atoms with van der Waals surface area (Å²) in [7, 11) is 1.60. The molecule has 1 N–H and O–H groups in total. The fraction of sp³-hybridized carbons (Fsp3) is 0.200. The van der Waals surface area contributed by atoms with Gasteiger partial charge in [0.2, 0.25) is 5.88 Å². The highest BCUT2D eigenvalue weighted by atomic mass is 16.5. The molecule has 0 unspecified atom stereocenters. The summed E-state index contributed by atoms with van der Waals surface area (Å²) in [6.07, 6.45) is 0. The molecule has 0 saturated heterocycles. The van der Waals surface area contributed by atoms with Gasteiger partial charge in [-0.05, 0) is 25.5 Å². The predicted octanol–water partition coefficient (Wildman–Crippen LogP) is 3.25. The summed E-state index contributed by atoms with van der Waals surface area (Å²) < 4.78 is 5.11. The van der Waals surface area contributed by atoms with Gasteiger partial charge in [0.05, 0.1) is 12.6 Å². The van der Waals surface area contributed by atoms with Gasteiger partial charge >= 0.3 is 0 Å². The Morgan fingerprint density at radius 1 is 1.05 bits per heavy atom. The number of nitrogens with zero attached hydrogens (tertiary/aromatic N) is 2. The molecule has 0 bridgehead atoms. The van der Waals surface area contributed by atoms with Crippen molar-refractivity contribution in [2.75, 3.05) is 7.11 Å². The molecule has 0 spiro atoms. The number of hydrogen-bond donors (Lipinski definition) is 1. The molecule has 0 amide bonds. The summed E-state index contributed by atoms with van der Waals surface area (Å²) in [6, 6.07) is 10.1. The second kappa shape index (κ2) is 4.39. The Bertz CT molecular complexity index is 746. The van der Waals surface area contributed by atoms with Crippen LogP contribution in [0.1, 0.15) is 11.1 Å². The van der Waals surface area contributed by atoms with E-state index in [-0.39, 0.29) is 0 Å². The van der Waals surface area contributed by atoms with Gasteiger partial charge in [0.25, 0.3) is 0 Å². The van der Waals surface area contributed by atoms with Crippen molar-refractivity contribution in [2.24, 2.45) is 0 Å². The number of nitrogens with one attached hydrogen (secondary N) is 1. The molecule has 3 aromatic rings. The number of fused-ring (bicyclic) bond motifs is 1. The first kappa shape index (κ1) is 11.7. The van der Waals surface area contributed by atoms with Gasteiger partial charge in [-0.1, -0.05) is 23.8 Å². The first-order chi connectivity index (χ1) is 9.17. The number of pyridine rings is 1. The van der Waals surface area contributed by atoms with Crippen LogP contribution >= 0.6 is 0 Å². The molecule has 0 saturated carbocycles. The predicted molar refractivity (Wildman–Crippen MR) is 75.4 cm³/mol. The molecular weight excluding hydrogens is 238 g/mol. The van der Waals surface area contributed by atoms with Crippen molar-refractivity contribution in [1.82, 2.24) is 15.0 Å². The Morgan fingerprint density at radius 3 is 2.63 bits per heavy atom. The lowest BCUT2D eigenvalue weighted by Crippen LogP contribution is -1.87. The number of hydrogen-bond acceptors (Lipinski definition) is 3. The molecule has 0 atom stereocenters. The molecule has 19 heavy (non-hydrogen) atoms. The Labute approximate surface area is 111 Å². The molecule has 96 valence electrons. The minimum Gasteiger partial charge on any atom is -0.481 e. The fourth-order valence-electron chi connectivity index (χ4n) is 2.20. The van der Waals surface area contributed by atoms with Crippen molar-refractivity contribution in [3.8, 4) is 17.3 Å². The number of aryl methyl sites for hydroxylation is 2. The molecule has 2 aromatic heterocycles. The SMILES string of the molecule is COc1ccc2[nH]c(-c3ccc(C)cc3C)nc2n1. The molecular formula is C15H15N3O. The maximum Gasteiger partial charge on any atom is 0.215 e. The summed E-state index contributed by atoms with van der Waals surface area (Å²) in [5, 5.41) is 0. The lowest BCUT2D eigenvalue weighted by atomic mass is 10.1. The first-order valence-corrected chi connectivity index (χ1v) is 6.16. The number of rotatable bonds is 2. The van der Waals surface area contributed by atoms with E-state index in [0.717, 1.165) is 16.9 Å². The average molecular weight is 253 g/mol. The van der Waals surface area contributed by atoms with Crippen molar-refractivity contribution in [3.05, 3.63) is 41.5 Å². The third-order valence-electron chi connectivity index (χ3n) is 3.17. The Hall–Kier alpha value is -2.36. The van der Waals surface area contributed by atoms with Crippen molar-refractivity contribution in [1.29, 1.82) is 0 Å². The van der Waals surface area contributed by atoms with Crippen molar-refractivity contribution < 1.29 is 4.74 Å². The average Bonchev–Trinajstić information content (AvgIpc) is 2.80. The van der Waals surface area contributed by atoms with E-state index in [4.69, 9.17) is 4.74 Å². The third kappa shape index (κ3) is 2.05. The number of imidazole rings is 1. The van der Waals surface area contributed by atoms with Crippen LogP contribution in [0.4, 0.5) is 0 Å². The Balaban J connectivity index is 2.14. The van der Waals surface area contributed by atoms with Crippen LogP contribution in [0.5, 0.6) is 5.88 Å². The summed E-state index contributed by atoms with van der Waals surface area (Å²) >= 11 is 0. The van der Waals surface area contributed by atoms with Crippen molar-refractivity contribution in [3.63, 3.8) is 0 Å². The normalized spacial score (nSPS) is 10.9. The molecule has 0 aliphatic carbocycles. The highest BCUT2D eigenvalue weighted by Gasteiger charge is 2.09. The van der Waals surface area contributed by atoms with E-state index in [1.54, 1.807) is 7.11 Å². The van der Waals surface area contributed by atoms with Gasteiger partial charge in [-0.3, -0.25) is 0 Å². The van der Waals surface area contributed by atoms with E-state index >= 15 is 0 Å². The number of aromatic nitrogens is 3. The monoisotopic (exact) mass is 253 g/mol. The zero-order valence-corrected chi connectivity index (χ0v) is 11.2. The highest BCUT2D eigenvalue weighted by Crippen LogP contribution is 2.24. The maximum absolute atomic E-state index is 5.11. The summed E-state index contributed by atoms with van der Waals surface area (Å²) in [6.45, 7) is 4.17. The van der Waals surface area contributed by atoms with E-state index in [9.17, 15) is 0 Å². The van der Waals surface area contributed by atoms with Gasteiger partial charge in [0.15, 0.2) is 5.65 Å². The van der Waals surface area contributed by atoms with Crippen LogP contribution in [-0.2, 0) is 0 Å². The first-order valence-electron chi connectivity index (χ1n) is 6.16. The van der Waals surface area contributed by atoms with E-state index in [0.29, 0.717) is 11.5 Å². The van der Waals surface area contributed by atoms with Gasteiger partial charge in [0, 0.05) is 11.6 Å². The number of benzene rings is 1. The molecule has 0 fully saturated rings. The van der Waals surface area contributed by atoms with Gasteiger partial charge in [0.1, 0.15) is 5.82 Å². The molecule has 4 nitrogen and oxygen atoms in total. The van der Waals surface area contributed by atoms with Crippen LogP contribution in [0, 0.1) is 13.8 Å². The zero-order valence-electron chi connectivity index (χ0n) is 11.2. The standard InChI is InChI=1S/C15H15N3O/c1-9-4-5-11(10(2)8-9)14-16-12-6-7-13(19-3)17-15(12)18-14/h4-8H,1-3H3,(H,16,17,18). The molecule has 2 heterocycles. The molecule has 3 rings (SSSR count). The smallest absolute Gasteiger partial charge is 0.215 e. The summed E-state index contributed by atoms with van der Waals surface area (Å²) in [5.74, 6) is 1.42. The lowest BCUT2D eigenvalue weighted by Gasteiger charge is -2.02. The van der Waals surface area contributed by atoms with Crippen LogP contribution in [0.15, 0.2) is 30.3 Å². The minimum atomic E-state index is 0.575. The van der Waals surface area contributed by atoms with E-state index < -0.39 is 0 Å². The topological polar surface area (TPSA) is 50.8 Å². The maximum atomic E-state index is 5.11. The van der Waals surface area contributed by atoms with Gasteiger partial charge in [-0.15, -0.1) is 0 Å².